The zero-order valence-electron chi connectivity index (χ0n) is 8.84. The Kier molecular flexibility index (Phi) is 4.81. The molecule has 1 rings (SSSR count). The molecular formula is C12H14BrClO. The van der Waals surface area contributed by atoms with Crippen LogP contribution < -0.4 is 0 Å². The Balaban J connectivity index is 2.76. The van der Waals surface area contributed by atoms with Gasteiger partial charge in [-0.3, -0.25) is 4.79 Å². The monoisotopic (exact) mass is 288 g/mol. The Bertz CT molecular complexity index is 349. The summed E-state index contributed by atoms with van der Waals surface area (Å²) in [7, 11) is 0. The summed E-state index contributed by atoms with van der Waals surface area (Å²) in [5.74, 6) is 0.601. The van der Waals surface area contributed by atoms with E-state index in [9.17, 15) is 4.79 Å². The first-order valence-electron chi connectivity index (χ1n) is 4.94. The normalized spacial score (nSPS) is 12.9. The van der Waals surface area contributed by atoms with Gasteiger partial charge < -0.3 is 0 Å². The molecular weight excluding hydrogens is 275 g/mol. The highest BCUT2D eigenvalue weighted by molar-refractivity contribution is 9.10. The smallest absolute Gasteiger partial charge is 0.176 e. The highest BCUT2D eigenvalue weighted by Gasteiger charge is 2.17. The maximum atomic E-state index is 11.9. The van der Waals surface area contributed by atoms with Gasteiger partial charge in [-0.15, -0.1) is 0 Å². The van der Waals surface area contributed by atoms with Gasteiger partial charge in [0.15, 0.2) is 5.78 Å². The molecule has 0 aliphatic heterocycles. The van der Waals surface area contributed by atoms with E-state index in [-0.39, 0.29) is 10.6 Å². The molecule has 0 saturated carbocycles. The van der Waals surface area contributed by atoms with Crippen molar-refractivity contribution in [2.75, 3.05) is 0 Å². The van der Waals surface area contributed by atoms with Crippen LogP contribution in [0, 0.1) is 5.92 Å². The van der Waals surface area contributed by atoms with Crippen LogP contribution in [0.25, 0.3) is 0 Å². The molecule has 0 radical (unpaired) electrons. The lowest BCUT2D eigenvalue weighted by molar-refractivity contribution is 0.0984. The maximum absolute atomic E-state index is 11.9. The average Bonchev–Trinajstić information content (AvgIpc) is 2.15. The van der Waals surface area contributed by atoms with E-state index in [0.717, 1.165) is 6.42 Å². The molecule has 0 bridgehead atoms. The van der Waals surface area contributed by atoms with Gasteiger partial charge in [0.05, 0.1) is 4.83 Å². The first kappa shape index (κ1) is 12.7. The van der Waals surface area contributed by atoms with E-state index in [2.05, 4.69) is 29.8 Å². The Labute approximate surface area is 104 Å². The second-order valence-corrected chi connectivity index (χ2v) is 5.51. The molecule has 3 heteroatoms. The third kappa shape index (κ3) is 3.96. The molecule has 82 valence electrons. The standard InChI is InChI=1S/C12H14BrClO/c1-8(2)6-11(13)12(15)9-4-3-5-10(14)7-9/h3-5,7-8,11H,6H2,1-2H3. The predicted octanol–water partition coefficient (Wildman–Crippen LogP) is 4.33. The highest BCUT2D eigenvalue weighted by Crippen LogP contribution is 2.19. The largest absolute Gasteiger partial charge is 0.293 e. The number of benzene rings is 1. The van der Waals surface area contributed by atoms with Gasteiger partial charge in [0.1, 0.15) is 0 Å². The van der Waals surface area contributed by atoms with E-state index < -0.39 is 0 Å². The van der Waals surface area contributed by atoms with Crippen molar-refractivity contribution in [3.63, 3.8) is 0 Å². The van der Waals surface area contributed by atoms with Crippen LogP contribution in [-0.2, 0) is 0 Å². The minimum Gasteiger partial charge on any atom is -0.293 e. The van der Waals surface area contributed by atoms with Crippen molar-refractivity contribution in [2.24, 2.45) is 5.92 Å². The van der Waals surface area contributed by atoms with Crippen molar-refractivity contribution in [1.29, 1.82) is 0 Å². The van der Waals surface area contributed by atoms with Crippen molar-refractivity contribution in [3.8, 4) is 0 Å². The third-order valence-corrected chi connectivity index (χ3v) is 3.10. The summed E-state index contributed by atoms with van der Waals surface area (Å²) >= 11 is 9.24. The summed E-state index contributed by atoms with van der Waals surface area (Å²) in [6.07, 6.45) is 0.839. The molecule has 1 atom stereocenters. The number of rotatable bonds is 4. The topological polar surface area (TPSA) is 17.1 Å². The molecule has 0 aliphatic rings. The lowest BCUT2D eigenvalue weighted by Gasteiger charge is -2.11. The van der Waals surface area contributed by atoms with E-state index in [1.165, 1.54) is 0 Å². The molecule has 0 saturated heterocycles. The number of halogens is 2. The fraction of sp³-hybridized carbons (Fsp3) is 0.417. The Hall–Kier alpha value is -0.340. The van der Waals surface area contributed by atoms with Crippen molar-refractivity contribution in [1.82, 2.24) is 0 Å². The van der Waals surface area contributed by atoms with Gasteiger partial charge in [0, 0.05) is 10.6 Å². The number of Topliss-reactive ketones (excluding diaryl/α,β-unsaturated/α-hetero) is 1. The summed E-state index contributed by atoms with van der Waals surface area (Å²) in [6, 6.07) is 7.07. The second-order valence-electron chi connectivity index (χ2n) is 3.97. The molecule has 15 heavy (non-hydrogen) atoms. The highest BCUT2D eigenvalue weighted by atomic mass is 79.9. The second kappa shape index (κ2) is 5.66. The lowest BCUT2D eigenvalue weighted by atomic mass is 10.0. The van der Waals surface area contributed by atoms with Crippen LogP contribution in [-0.4, -0.2) is 10.6 Å². The minimum atomic E-state index is -0.115. The van der Waals surface area contributed by atoms with Gasteiger partial charge >= 0.3 is 0 Å². The summed E-state index contributed by atoms with van der Waals surface area (Å²) < 4.78 is 0. The molecule has 0 heterocycles. The van der Waals surface area contributed by atoms with Crippen molar-refractivity contribution >= 4 is 33.3 Å². The van der Waals surface area contributed by atoms with Gasteiger partial charge in [-0.05, 0) is 24.5 Å². The van der Waals surface area contributed by atoms with Crippen molar-refractivity contribution in [3.05, 3.63) is 34.9 Å². The number of carbonyl (C=O) groups excluding carboxylic acids is 1. The van der Waals surface area contributed by atoms with Gasteiger partial charge in [-0.2, -0.15) is 0 Å². The van der Waals surface area contributed by atoms with Crippen LogP contribution in [0.1, 0.15) is 30.6 Å². The summed E-state index contributed by atoms with van der Waals surface area (Å²) in [5.41, 5.74) is 0.671. The molecule has 0 N–H and O–H groups in total. The van der Waals surface area contributed by atoms with Gasteiger partial charge in [0.25, 0.3) is 0 Å². The van der Waals surface area contributed by atoms with Gasteiger partial charge in [0.2, 0.25) is 0 Å². The molecule has 1 aromatic rings. The average molecular weight is 290 g/mol. The Morgan fingerprint density at radius 3 is 2.67 bits per heavy atom. The SMILES string of the molecule is CC(C)CC(Br)C(=O)c1cccc(Cl)c1. The van der Waals surface area contributed by atoms with E-state index in [0.29, 0.717) is 16.5 Å². The summed E-state index contributed by atoms with van der Waals surface area (Å²) in [5, 5.41) is 0.602. The minimum absolute atomic E-state index is 0.103. The summed E-state index contributed by atoms with van der Waals surface area (Å²) in [6.45, 7) is 4.19. The molecule has 0 aliphatic carbocycles. The van der Waals surface area contributed by atoms with Crippen LogP contribution in [0.15, 0.2) is 24.3 Å². The fourth-order valence-corrected chi connectivity index (χ4v) is 2.55. The van der Waals surface area contributed by atoms with E-state index in [4.69, 9.17) is 11.6 Å². The molecule has 1 nitrogen and oxygen atoms in total. The predicted molar refractivity (Wildman–Crippen MR) is 68.0 cm³/mol. The number of hydrogen-bond acceptors (Lipinski definition) is 1. The molecule has 0 amide bonds. The van der Waals surface area contributed by atoms with Crippen molar-refractivity contribution < 1.29 is 4.79 Å². The van der Waals surface area contributed by atoms with Gasteiger partial charge in [-0.1, -0.05) is 53.5 Å². The van der Waals surface area contributed by atoms with Crippen LogP contribution >= 0.6 is 27.5 Å². The Morgan fingerprint density at radius 1 is 1.47 bits per heavy atom. The van der Waals surface area contributed by atoms with Crippen LogP contribution in [0.4, 0.5) is 0 Å². The lowest BCUT2D eigenvalue weighted by Crippen LogP contribution is -2.16. The third-order valence-electron chi connectivity index (χ3n) is 2.07. The molecule has 1 aromatic carbocycles. The van der Waals surface area contributed by atoms with E-state index >= 15 is 0 Å². The number of alkyl halides is 1. The zero-order chi connectivity index (χ0) is 11.4. The summed E-state index contributed by atoms with van der Waals surface area (Å²) in [4.78, 5) is 11.8. The van der Waals surface area contributed by atoms with E-state index in [1.54, 1.807) is 24.3 Å². The fourth-order valence-electron chi connectivity index (χ4n) is 1.34. The number of hydrogen-bond donors (Lipinski definition) is 0. The zero-order valence-corrected chi connectivity index (χ0v) is 11.2. The van der Waals surface area contributed by atoms with Gasteiger partial charge in [-0.25, -0.2) is 0 Å². The first-order chi connectivity index (χ1) is 7.00. The molecule has 0 aromatic heterocycles. The molecule has 0 spiro atoms. The Morgan fingerprint density at radius 2 is 2.13 bits per heavy atom. The first-order valence-corrected chi connectivity index (χ1v) is 6.24. The van der Waals surface area contributed by atoms with Crippen LogP contribution in [0.3, 0.4) is 0 Å². The maximum Gasteiger partial charge on any atom is 0.176 e. The van der Waals surface area contributed by atoms with Crippen LogP contribution in [0.5, 0.6) is 0 Å². The number of carbonyl (C=O) groups is 1. The quantitative estimate of drug-likeness (QED) is 0.595. The molecule has 1 unspecified atom stereocenters. The number of ketones is 1. The van der Waals surface area contributed by atoms with Crippen molar-refractivity contribution in [2.45, 2.75) is 25.1 Å². The van der Waals surface area contributed by atoms with E-state index in [1.807, 2.05) is 0 Å². The molecule has 0 fully saturated rings. The van der Waals surface area contributed by atoms with Crippen LogP contribution in [0.2, 0.25) is 5.02 Å².